The van der Waals surface area contributed by atoms with E-state index in [1.54, 1.807) is 0 Å². The fourth-order valence-electron chi connectivity index (χ4n) is 3.19. The Kier molecular flexibility index (Phi) is 7.29. The molecule has 2 rings (SSSR count). The van der Waals surface area contributed by atoms with Gasteiger partial charge in [-0.25, -0.2) is 4.79 Å². The van der Waals surface area contributed by atoms with E-state index in [9.17, 15) is 9.59 Å². The monoisotopic (exact) mass is 347 g/mol. The normalized spacial score (nSPS) is 22.9. The summed E-state index contributed by atoms with van der Waals surface area (Å²) in [5.74, 6) is 0.881. The molecule has 1 aromatic rings. The number of carbonyl (C=O) groups excluding carboxylic acids is 2. The third-order valence-corrected chi connectivity index (χ3v) is 5.11. The summed E-state index contributed by atoms with van der Waals surface area (Å²) in [6.07, 6.45) is 4.28. The lowest BCUT2D eigenvalue weighted by Crippen LogP contribution is -2.45. The largest absolute Gasteiger partial charge is 0.482 e. The van der Waals surface area contributed by atoms with E-state index in [4.69, 9.17) is 9.47 Å². The Morgan fingerprint density at radius 2 is 1.84 bits per heavy atom. The van der Waals surface area contributed by atoms with E-state index in [0.29, 0.717) is 17.6 Å². The van der Waals surface area contributed by atoms with Gasteiger partial charge in [-0.2, -0.15) is 0 Å². The van der Waals surface area contributed by atoms with Gasteiger partial charge in [0.25, 0.3) is 5.91 Å². The van der Waals surface area contributed by atoms with Crippen molar-refractivity contribution < 1.29 is 19.1 Å². The molecule has 1 saturated carbocycles. The van der Waals surface area contributed by atoms with Crippen LogP contribution in [-0.2, 0) is 20.7 Å². The van der Waals surface area contributed by atoms with E-state index in [0.717, 1.165) is 19.3 Å². The highest BCUT2D eigenvalue weighted by molar-refractivity contribution is 5.81. The Morgan fingerprint density at radius 3 is 2.52 bits per heavy atom. The summed E-state index contributed by atoms with van der Waals surface area (Å²) in [5, 5.41) is 2.98. The van der Waals surface area contributed by atoms with Crippen LogP contribution in [0.4, 0.5) is 0 Å². The first-order chi connectivity index (χ1) is 12.0. The van der Waals surface area contributed by atoms with Crippen LogP contribution < -0.4 is 10.1 Å². The van der Waals surface area contributed by atoms with Gasteiger partial charge in [-0.05, 0) is 42.4 Å². The van der Waals surface area contributed by atoms with Gasteiger partial charge in [-0.15, -0.1) is 0 Å². The quantitative estimate of drug-likeness (QED) is 0.770. The van der Waals surface area contributed by atoms with Crippen molar-refractivity contribution in [3.05, 3.63) is 29.8 Å². The topological polar surface area (TPSA) is 64.6 Å². The summed E-state index contributed by atoms with van der Waals surface area (Å²) >= 11 is 0. The minimum atomic E-state index is -0.542. The SMILES string of the molecule is CCc1ccc(OCC(=O)OCC(=O)N[C@@H]2CCC[C@@H](C)[C@H]2C)cc1. The molecule has 0 aromatic heterocycles. The maximum absolute atomic E-state index is 12.0. The molecule has 5 heteroatoms. The second-order valence-corrected chi connectivity index (χ2v) is 6.89. The molecule has 0 unspecified atom stereocenters. The van der Waals surface area contributed by atoms with Crippen LogP contribution in [0.25, 0.3) is 0 Å². The fraction of sp³-hybridized carbons (Fsp3) is 0.600. The van der Waals surface area contributed by atoms with Crippen LogP contribution in [0.3, 0.4) is 0 Å². The predicted octanol–water partition coefficient (Wildman–Crippen LogP) is 3.11. The van der Waals surface area contributed by atoms with Crippen molar-refractivity contribution in [1.29, 1.82) is 0 Å². The molecule has 0 bridgehead atoms. The first-order valence-electron chi connectivity index (χ1n) is 9.16. The molecule has 1 aliphatic carbocycles. The lowest BCUT2D eigenvalue weighted by molar-refractivity contribution is -0.150. The molecular formula is C20H29NO4. The van der Waals surface area contributed by atoms with E-state index in [1.165, 1.54) is 12.0 Å². The summed E-state index contributed by atoms with van der Waals surface area (Å²) in [4.78, 5) is 23.7. The highest BCUT2D eigenvalue weighted by Gasteiger charge is 2.28. The summed E-state index contributed by atoms with van der Waals surface area (Å²) in [7, 11) is 0. The van der Waals surface area contributed by atoms with Crippen LogP contribution in [-0.4, -0.2) is 31.1 Å². The van der Waals surface area contributed by atoms with Crippen molar-refractivity contribution in [2.24, 2.45) is 11.8 Å². The molecule has 1 amide bonds. The number of amides is 1. The number of nitrogens with one attached hydrogen (secondary N) is 1. The van der Waals surface area contributed by atoms with Crippen molar-refractivity contribution >= 4 is 11.9 Å². The van der Waals surface area contributed by atoms with E-state index in [-0.39, 0.29) is 25.2 Å². The maximum Gasteiger partial charge on any atom is 0.344 e. The molecule has 5 nitrogen and oxygen atoms in total. The van der Waals surface area contributed by atoms with Crippen LogP contribution in [0, 0.1) is 11.8 Å². The molecule has 138 valence electrons. The molecule has 0 aliphatic heterocycles. The first kappa shape index (κ1) is 19.3. The number of rotatable bonds is 7. The average Bonchev–Trinajstić information content (AvgIpc) is 2.62. The molecule has 0 heterocycles. The number of aryl methyl sites for hydroxylation is 1. The number of ether oxygens (including phenoxy) is 2. The second-order valence-electron chi connectivity index (χ2n) is 6.89. The Balaban J connectivity index is 1.67. The molecule has 1 aromatic carbocycles. The van der Waals surface area contributed by atoms with Gasteiger partial charge in [0.2, 0.25) is 0 Å². The van der Waals surface area contributed by atoms with Crippen LogP contribution >= 0.6 is 0 Å². The van der Waals surface area contributed by atoms with Gasteiger partial charge >= 0.3 is 5.97 Å². The number of esters is 1. The molecule has 0 radical (unpaired) electrons. The molecule has 0 saturated heterocycles. The van der Waals surface area contributed by atoms with Gasteiger partial charge in [-0.1, -0.05) is 45.7 Å². The molecule has 25 heavy (non-hydrogen) atoms. The van der Waals surface area contributed by atoms with E-state index in [1.807, 2.05) is 24.3 Å². The molecule has 0 spiro atoms. The van der Waals surface area contributed by atoms with Crippen molar-refractivity contribution in [3.8, 4) is 5.75 Å². The zero-order chi connectivity index (χ0) is 18.2. The fourth-order valence-corrected chi connectivity index (χ4v) is 3.19. The van der Waals surface area contributed by atoms with Crippen molar-refractivity contribution in [1.82, 2.24) is 5.32 Å². The van der Waals surface area contributed by atoms with Crippen LogP contribution in [0.2, 0.25) is 0 Å². The minimum absolute atomic E-state index is 0.170. The first-order valence-corrected chi connectivity index (χ1v) is 9.16. The molecule has 1 fully saturated rings. The number of carbonyl (C=O) groups is 2. The number of hydrogen-bond acceptors (Lipinski definition) is 4. The highest BCUT2D eigenvalue weighted by Crippen LogP contribution is 2.29. The number of hydrogen-bond donors (Lipinski definition) is 1. The van der Waals surface area contributed by atoms with Crippen molar-refractivity contribution in [2.75, 3.05) is 13.2 Å². The molecule has 1 N–H and O–H groups in total. The lowest BCUT2D eigenvalue weighted by Gasteiger charge is -2.34. The predicted molar refractivity (Wildman–Crippen MR) is 96.4 cm³/mol. The van der Waals surface area contributed by atoms with E-state index >= 15 is 0 Å². The number of benzene rings is 1. The lowest BCUT2D eigenvalue weighted by atomic mass is 9.78. The van der Waals surface area contributed by atoms with Crippen LogP contribution in [0.15, 0.2) is 24.3 Å². The van der Waals surface area contributed by atoms with Crippen LogP contribution in [0.1, 0.15) is 45.6 Å². The van der Waals surface area contributed by atoms with Gasteiger partial charge in [-0.3, -0.25) is 4.79 Å². The Morgan fingerprint density at radius 1 is 1.12 bits per heavy atom. The Hall–Kier alpha value is -2.04. The second kappa shape index (κ2) is 9.44. The average molecular weight is 347 g/mol. The van der Waals surface area contributed by atoms with E-state index in [2.05, 4.69) is 26.1 Å². The summed E-state index contributed by atoms with van der Waals surface area (Å²) < 4.78 is 10.4. The van der Waals surface area contributed by atoms with Crippen molar-refractivity contribution in [3.63, 3.8) is 0 Å². The Labute approximate surface area is 150 Å². The third-order valence-electron chi connectivity index (χ3n) is 5.11. The molecular weight excluding hydrogens is 318 g/mol. The van der Waals surface area contributed by atoms with Gasteiger partial charge in [0.15, 0.2) is 13.2 Å². The van der Waals surface area contributed by atoms with Gasteiger partial charge in [0, 0.05) is 6.04 Å². The standard InChI is InChI=1S/C20H29NO4/c1-4-16-8-10-17(11-9-16)24-13-20(23)25-12-19(22)21-18-7-5-6-14(2)15(18)3/h8-11,14-15,18H,4-7,12-13H2,1-3H3,(H,21,22)/t14-,15-,18-/m1/s1. The van der Waals surface area contributed by atoms with Gasteiger partial charge < -0.3 is 14.8 Å². The summed E-state index contributed by atoms with van der Waals surface area (Å²) in [6.45, 7) is 6.00. The maximum atomic E-state index is 12.0. The molecule has 1 aliphatic rings. The zero-order valence-electron chi connectivity index (χ0n) is 15.4. The third kappa shape index (κ3) is 6.07. The Bertz CT molecular complexity index is 570. The molecule has 3 atom stereocenters. The van der Waals surface area contributed by atoms with Gasteiger partial charge in [0.05, 0.1) is 0 Å². The summed E-state index contributed by atoms with van der Waals surface area (Å²) in [5.41, 5.74) is 1.21. The minimum Gasteiger partial charge on any atom is -0.482 e. The van der Waals surface area contributed by atoms with Crippen molar-refractivity contribution in [2.45, 2.75) is 52.5 Å². The van der Waals surface area contributed by atoms with Gasteiger partial charge in [0.1, 0.15) is 5.75 Å². The van der Waals surface area contributed by atoms with Crippen LogP contribution in [0.5, 0.6) is 5.75 Å². The zero-order valence-corrected chi connectivity index (χ0v) is 15.4. The summed E-state index contributed by atoms with van der Waals surface area (Å²) in [6, 6.07) is 7.73. The highest BCUT2D eigenvalue weighted by atomic mass is 16.6. The smallest absolute Gasteiger partial charge is 0.344 e. The van der Waals surface area contributed by atoms with E-state index < -0.39 is 5.97 Å².